The van der Waals surface area contributed by atoms with Crippen molar-refractivity contribution in [1.29, 1.82) is 0 Å². The quantitative estimate of drug-likeness (QED) is 0.404. The first kappa shape index (κ1) is 22.4. The molecule has 0 unspecified atom stereocenters. The third-order valence-electron chi connectivity index (χ3n) is 5.01. The third-order valence-corrected chi connectivity index (χ3v) is 6.03. The van der Waals surface area contributed by atoms with E-state index in [-0.39, 0.29) is 12.2 Å². The van der Waals surface area contributed by atoms with Crippen LogP contribution in [0.3, 0.4) is 0 Å². The number of rotatable bonds is 6. The van der Waals surface area contributed by atoms with Crippen LogP contribution < -0.4 is 10.6 Å². The van der Waals surface area contributed by atoms with Gasteiger partial charge in [0.2, 0.25) is 5.91 Å². The maximum Gasteiger partial charge on any atom is 0.329 e. The molecule has 1 aliphatic heterocycles. The summed E-state index contributed by atoms with van der Waals surface area (Å²) in [7, 11) is 0. The Kier molecular flexibility index (Phi) is 6.60. The predicted octanol–water partition coefficient (Wildman–Crippen LogP) is 4.99. The van der Waals surface area contributed by atoms with E-state index in [0.717, 1.165) is 25.8 Å². The summed E-state index contributed by atoms with van der Waals surface area (Å²) in [5.41, 5.74) is 3.74. The summed E-state index contributed by atoms with van der Waals surface area (Å²) in [5, 5.41) is 5.26. The highest BCUT2D eigenvalue weighted by molar-refractivity contribution is 7.99. The van der Waals surface area contributed by atoms with Gasteiger partial charge in [-0.15, -0.1) is 0 Å². The maximum absolute atomic E-state index is 12.7. The molecular formula is C26H23N3O3S. The highest BCUT2D eigenvalue weighted by atomic mass is 32.2. The lowest BCUT2D eigenvalue weighted by Gasteiger charge is -2.12. The number of aryl methyl sites for hydroxylation is 2. The predicted molar refractivity (Wildman–Crippen MR) is 130 cm³/mol. The summed E-state index contributed by atoms with van der Waals surface area (Å²) < 4.78 is 0. The fourth-order valence-corrected chi connectivity index (χ4v) is 4.14. The van der Waals surface area contributed by atoms with E-state index in [2.05, 4.69) is 41.8 Å². The van der Waals surface area contributed by atoms with Gasteiger partial charge in [0.15, 0.2) is 0 Å². The van der Waals surface area contributed by atoms with Crippen LogP contribution in [0.5, 0.6) is 0 Å². The van der Waals surface area contributed by atoms with Gasteiger partial charge < -0.3 is 10.6 Å². The molecule has 1 aliphatic rings. The molecule has 0 aliphatic carbocycles. The molecule has 6 nitrogen and oxygen atoms in total. The van der Waals surface area contributed by atoms with Crippen LogP contribution in [0.15, 0.2) is 88.3 Å². The smallest absolute Gasteiger partial charge is 0.325 e. The number of benzene rings is 3. The summed E-state index contributed by atoms with van der Waals surface area (Å²) in [5.74, 6) is -0.972. The van der Waals surface area contributed by atoms with Crippen molar-refractivity contribution in [2.24, 2.45) is 0 Å². The van der Waals surface area contributed by atoms with E-state index in [0.29, 0.717) is 5.69 Å². The zero-order chi connectivity index (χ0) is 23.4. The van der Waals surface area contributed by atoms with Crippen LogP contribution in [0, 0.1) is 13.8 Å². The van der Waals surface area contributed by atoms with Gasteiger partial charge in [-0.05, 0) is 67.4 Å². The molecule has 0 saturated carbocycles. The lowest BCUT2D eigenvalue weighted by molar-refractivity contribution is -0.127. The lowest BCUT2D eigenvalue weighted by atomic mass is 10.2. The maximum atomic E-state index is 12.7. The largest absolute Gasteiger partial charge is 0.329 e. The van der Waals surface area contributed by atoms with Gasteiger partial charge in [0, 0.05) is 15.5 Å². The molecule has 4 rings (SSSR count). The van der Waals surface area contributed by atoms with Crippen molar-refractivity contribution in [1.82, 2.24) is 10.2 Å². The molecule has 1 fully saturated rings. The van der Waals surface area contributed by atoms with Crippen LogP contribution in [-0.4, -0.2) is 29.3 Å². The number of nitrogens with one attached hydrogen (secondary N) is 2. The zero-order valence-electron chi connectivity index (χ0n) is 18.3. The molecule has 0 bridgehead atoms. The summed E-state index contributed by atoms with van der Waals surface area (Å²) in [6, 6.07) is 22.7. The van der Waals surface area contributed by atoms with Crippen molar-refractivity contribution >= 4 is 41.4 Å². The molecule has 7 heteroatoms. The van der Waals surface area contributed by atoms with Gasteiger partial charge in [-0.3, -0.25) is 9.59 Å². The Hall–Kier alpha value is -3.84. The molecule has 3 aromatic carbocycles. The second-order valence-electron chi connectivity index (χ2n) is 7.78. The number of hydrogen-bond donors (Lipinski definition) is 2. The van der Waals surface area contributed by atoms with Gasteiger partial charge in [-0.2, -0.15) is 0 Å². The molecule has 0 atom stereocenters. The van der Waals surface area contributed by atoms with Crippen LogP contribution >= 0.6 is 11.8 Å². The molecule has 3 aromatic rings. The van der Waals surface area contributed by atoms with Gasteiger partial charge in [0.05, 0.1) is 0 Å². The lowest BCUT2D eigenvalue weighted by Crippen LogP contribution is -2.38. The van der Waals surface area contributed by atoms with E-state index in [1.54, 1.807) is 23.9 Å². The van der Waals surface area contributed by atoms with Gasteiger partial charge in [0.1, 0.15) is 12.2 Å². The first-order valence-electron chi connectivity index (χ1n) is 10.4. The van der Waals surface area contributed by atoms with Crippen molar-refractivity contribution < 1.29 is 14.4 Å². The highest BCUT2D eigenvalue weighted by Crippen LogP contribution is 2.28. The SMILES string of the molecule is Cc1ccc(Sc2ccc(/C=C3\NC(=O)N(CC(=O)Nc4cccc(C)c4)C3=O)cc2)cc1. The number of amides is 4. The van der Waals surface area contributed by atoms with Gasteiger partial charge in [-0.1, -0.05) is 53.7 Å². The molecule has 1 heterocycles. The van der Waals surface area contributed by atoms with E-state index in [1.807, 2.05) is 49.4 Å². The summed E-state index contributed by atoms with van der Waals surface area (Å²) in [6.45, 7) is 3.61. The second kappa shape index (κ2) is 9.75. The Bertz CT molecular complexity index is 1230. The highest BCUT2D eigenvalue weighted by Gasteiger charge is 2.34. The zero-order valence-corrected chi connectivity index (χ0v) is 19.1. The summed E-state index contributed by atoms with van der Waals surface area (Å²) in [4.78, 5) is 40.4. The number of urea groups is 1. The molecule has 166 valence electrons. The molecule has 0 radical (unpaired) electrons. The Balaban J connectivity index is 1.39. The van der Waals surface area contributed by atoms with Crippen LogP contribution in [0.2, 0.25) is 0 Å². The molecule has 0 aromatic heterocycles. The monoisotopic (exact) mass is 457 g/mol. The third kappa shape index (κ3) is 5.70. The number of anilines is 1. The van der Waals surface area contributed by atoms with Gasteiger partial charge >= 0.3 is 6.03 Å². The van der Waals surface area contributed by atoms with Crippen LogP contribution in [0.4, 0.5) is 10.5 Å². The Labute approximate surface area is 196 Å². The summed E-state index contributed by atoms with van der Waals surface area (Å²) >= 11 is 1.65. The Morgan fingerprint density at radius 1 is 0.939 bits per heavy atom. The molecular weight excluding hydrogens is 434 g/mol. The van der Waals surface area contributed by atoms with E-state index in [9.17, 15) is 14.4 Å². The van der Waals surface area contributed by atoms with Crippen LogP contribution in [-0.2, 0) is 9.59 Å². The van der Waals surface area contributed by atoms with Crippen molar-refractivity contribution in [3.05, 3.63) is 95.2 Å². The van der Waals surface area contributed by atoms with E-state index >= 15 is 0 Å². The molecule has 2 N–H and O–H groups in total. The van der Waals surface area contributed by atoms with E-state index in [1.165, 1.54) is 5.56 Å². The van der Waals surface area contributed by atoms with Crippen molar-refractivity contribution in [3.63, 3.8) is 0 Å². The standard InChI is InChI=1S/C26H23N3O3S/c1-17-6-10-21(11-7-17)33-22-12-8-19(9-13-22)15-23-25(31)29(26(32)28-23)16-24(30)27-20-5-3-4-18(2)14-20/h3-15H,16H2,1-2H3,(H,27,30)(H,28,32)/b23-15-. The van der Waals surface area contributed by atoms with Crippen molar-refractivity contribution in [3.8, 4) is 0 Å². The molecule has 33 heavy (non-hydrogen) atoms. The first-order chi connectivity index (χ1) is 15.9. The topological polar surface area (TPSA) is 78.5 Å². The molecule has 1 saturated heterocycles. The van der Waals surface area contributed by atoms with Crippen molar-refractivity contribution in [2.75, 3.05) is 11.9 Å². The Morgan fingerprint density at radius 3 is 2.27 bits per heavy atom. The second-order valence-corrected chi connectivity index (χ2v) is 8.93. The van der Waals surface area contributed by atoms with Crippen molar-refractivity contribution in [2.45, 2.75) is 23.6 Å². The van der Waals surface area contributed by atoms with E-state index in [4.69, 9.17) is 0 Å². The number of nitrogens with zero attached hydrogens (tertiary/aromatic N) is 1. The summed E-state index contributed by atoms with van der Waals surface area (Å²) in [6.07, 6.45) is 1.61. The van der Waals surface area contributed by atoms with Crippen LogP contribution in [0.25, 0.3) is 6.08 Å². The number of carbonyl (C=O) groups excluding carboxylic acids is 3. The number of imide groups is 1. The Morgan fingerprint density at radius 2 is 1.61 bits per heavy atom. The minimum absolute atomic E-state index is 0.141. The van der Waals surface area contributed by atoms with Gasteiger partial charge in [0.25, 0.3) is 5.91 Å². The van der Waals surface area contributed by atoms with E-state index < -0.39 is 17.8 Å². The minimum atomic E-state index is -0.614. The fraction of sp³-hybridized carbons (Fsp3) is 0.115. The molecule has 4 amide bonds. The average molecular weight is 458 g/mol. The number of hydrogen-bond acceptors (Lipinski definition) is 4. The first-order valence-corrected chi connectivity index (χ1v) is 11.2. The molecule has 0 spiro atoms. The normalized spacial score (nSPS) is 14.5. The van der Waals surface area contributed by atoms with Gasteiger partial charge in [-0.25, -0.2) is 9.69 Å². The minimum Gasteiger partial charge on any atom is -0.325 e. The fourth-order valence-electron chi connectivity index (χ4n) is 3.32. The number of carbonyl (C=O) groups is 3. The van der Waals surface area contributed by atoms with Crippen LogP contribution in [0.1, 0.15) is 16.7 Å². The average Bonchev–Trinajstić information content (AvgIpc) is 3.04.